The number of aliphatic carboxylic acids is 1. The molecule has 0 aromatic carbocycles. The van der Waals surface area contributed by atoms with Crippen molar-refractivity contribution in [3.8, 4) is 12.3 Å². The lowest BCUT2D eigenvalue weighted by molar-refractivity contribution is -0.139. The normalized spacial score (nSPS) is 10.3. The highest BCUT2D eigenvalue weighted by molar-refractivity contribution is 5.94. The molecular weight excluding hydrogens is 236 g/mol. The summed E-state index contributed by atoms with van der Waals surface area (Å²) < 4.78 is 0. The number of carboxylic acids is 1. The number of urea groups is 1. The van der Waals surface area contributed by atoms with E-state index < -0.39 is 23.3 Å². The first kappa shape index (κ1) is 16.0. The van der Waals surface area contributed by atoms with Gasteiger partial charge >= 0.3 is 12.0 Å². The first-order valence-corrected chi connectivity index (χ1v) is 5.50. The number of carboxylic acid groups (broad SMARTS) is 1. The van der Waals surface area contributed by atoms with Crippen LogP contribution in [0.4, 0.5) is 4.79 Å². The highest BCUT2D eigenvalue weighted by Gasteiger charge is 2.25. The van der Waals surface area contributed by atoms with Crippen LogP contribution in [0.5, 0.6) is 0 Å². The van der Waals surface area contributed by atoms with Gasteiger partial charge in [0.1, 0.15) is 0 Å². The smallest absolute Gasteiger partial charge is 0.321 e. The van der Waals surface area contributed by atoms with Gasteiger partial charge in [-0.05, 0) is 5.41 Å². The molecule has 6 nitrogen and oxygen atoms in total. The molecule has 0 fully saturated rings. The Morgan fingerprint density at radius 2 is 1.89 bits per heavy atom. The lowest BCUT2D eigenvalue weighted by Crippen LogP contribution is -2.41. The van der Waals surface area contributed by atoms with Crippen LogP contribution in [0.25, 0.3) is 0 Å². The fourth-order valence-corrected chi connectivity index (χ4v) is 1.37. The predicted octanol–water partition coefficient (Wildman–Crippen LogP) is 0.726. The summed E-state index contributed by atoms with van der Waals surface area (Å²) in [6.45, 7) is 3.59. The molecule has 0 aromatic heterocycles. The molecule has 0 rings (SSSR count). The molecule has 0 unspecified atom stereocenters. The lowest BCUT2D eigenvalue weighted by Gasteiger charge is -2.21. The molecule has 0 aromatic rings. The molecular formula is C12H18N2O4. The summed E-state index contributed by atoms with van der Waals surface area (Å²) in [7, 11) is 0. The van der Waals surface area contributed by atoms with Gasteiger partial charge in [0, 0.05) is 19.4 Å². The third-order valence-electron chi connectivity index (χ3n) is 2.08. The highest BCUT2D eigenvalue weighted by atomic mass is 16.4. The number of carbonyl (C=O) groups excluding carboxylic acids is 2. The number of hydrogen-bond acceptors (Lipinski definition) is 3. The molecule has 6 heteroatoms. The van der Waals surface area contributed by atoms with Crippen molar-refractivity contribution in [3.63, 3.8) is 0 Å². The summed E-state index contributed by atoms with van der Waals surface area (Å²) in [5.74, 6) is 0.849. The van der Waals surface area contributed by atoms with Gasteiger partial charge in [-0.25, -0.2) is 4.79 Å². The lowest BCUT2D eigenvalue weighted by atomic mass is 9.85. The quantitative estimate of drug-likeness (QED) is 0.481. The van der Waals surface area contributed by atoms with E-state index in [1.807, 2.05) is 0 Å². The van der Waals surface area contributed by atoms with Gasteiger partial charge in [0.2, 0.25) is 5.91 Å². The molecule has 0 bridgehead atoms. The van der Waals surface area contributed by atoms with Gasteiger partial charge in [-0.15, -0.1) is 12.3 Å². The van der Waals surface area contributed by atoms with Crippen molar-refractivity contribution in [1.82, 2.24) is 10.6 Å². The number of amides is 3. The summed E-state index contributed by atoms with van der Waals surface area (Å²) in [6.07, 6.45) is 5.20. The van der Waals surface area contributed by atoms with Crippen LogP contribution in [0, 0.1) is 17.8 Å². The van der Waals surface area contributed by atoms with Gasteiger partial charge in [-0.1, -0.05) is 13.8 Å². The number of terminal acetylenes is 1. The molecule has 0 heterocycles. The Hall–Kier alpha value is -2.03. The Bertz CT molecular complexity index is 369. The SMILES string of the molecule is C#CCCNC(=O)NC(=O)CC(C)(C)CC(=O)O. The van der Waals surface area contributed by atoms with E-state index in [1.54, 1.807) is 13.8 Å². The maximum atomic E-state index is 11.5. The standard InChI is InChI=1S/C12H18N2O4/c1-4-5-6-13-11(18)14-9(15)7-12(2,3)8-10(16)17/h1H,5-8H2,2-3H3,(H,16,17)(H2,13,14,15,18). The molecule has 0 spiro atoms. The van der Waals surface area contributed by atoms with Crippen LogP contribution in [-0.2, 0) is 9.59 Å². The van der Waals surface area contributed by atoms with Crippen molar-refractivity contribution in [2.24, 2.45) is 5.41 Å². The minimum Gasteiger partial charge on any atom is -0.481 e. The molecule has 0 saturated carbocycles. The Morgan fingerprint density at radius 1 is 1.28 bits per heavy atom. The van der Waals surface area contributed by atoms with Crippen LogP contribution < -0.4 is 10.6 Å². The molecule has 0 aliphatic rings. The number of hydrogen-bond donors (Lipinski definition) is 3. The van der Waals surface area contributed by atoms with Crippen molar-refractivity contribution in [3.05, 3.63) is 0 Å². The summed E-state index contributed by atoms with van der Waals surface area (Å²) in [5, 5.41) is 13.2. The van der Waals surface area contributed by atoms with Gasteiger partial charge in [0.25, 0.3) is 0 Å². The predicted molar refractivity (Wildman–Crippen MR) is 65.6 cm³/mol. The van der Waals surface area contributed by atoms with E-state index in [-0.39, 0.29) is 19.4 Å². The third-order valence-corrected chi connectivity index (χ3v) is 2.08. The zero-order valence-corrected chi connectivity index (χ0v) is 10.6. The highest BCUT2D eigenvalue weighted by Crippen LogP contribution is 2.24. The molecule has 0 atom stereocenters. The van der Waals surface area contributed by atoms with Crippen molar-refractivity contribution in [1.29, 1.82) is 0 Å². The van der Waals surface area contributed by atoms with Gasteiger partial charge < -0.3 is 10.4 Å². The second-order valence-corrected chi connectivity index (χ2v) is 4.67. The monoisotopic (exact) mass is 254 g/mol. The van der Waals surface area contributed by atoms with Crippen LogP contribution in [-0.4, -0.2) is 29.6 Å². The Kier molecular flexibility index (Phi) is 6.50. The summed E-state index contributed by atoms with van der Waals surface area (Å²) in [4.78, 5) is 33.2. The Morgan fingerprint density at radius 3 is 2.39 bits per heavy atom. The maximum Gasteiger partial charge on any atom is 0.321 e. The van der Waals surface area contributed by atoms with E-state index in [4.69, 9.17) is 11.5 Å². The van der Waals surface area contributed by atoms with Gasteiger partial charge in [-0.2, -0.15) is 0 Å². The zero-order valence-electron chi connectivity index (χ0n) is 10.6. The van der Waals surface area contributed by atoms with Crippen LogP contribution in [0.15, 0.2) is 0 Å². The average molecular weight is 254 g/mol. The molecule has 18 heavy (non-hydrogen) atoms. The van der Waals surface area contributed by atoms with Gasteiger partial charge in [0.15, 0.2) is 0 Å². The number of rotatable bonds is 6. The summed E-state index contributed by atoms with van der Waals surface area (Å²) >= 11 is 0. The van der Waals surface area contributed by atoms with E-state index in [0.717, 1.165) is 0 Å². The minimum atomic E-state index is -0.980. The first-order valence-electron chi connectivity index (χ1n) is 5.50. The number of carbonyl (C=O) groups is 3. The van der Waals surface area contributed by atoms with Crippen molar-refractivity contribution >= 4 is 17.9 Å². The average Bonchev–Trinajstić information content (AvgIpc) is 2.13. The van der Waals surface area contributed by atoms with E-state index in [0.29, 0.717) is 6.42 Å². The van der Waals surface area contributed by atoms with E-state index >= 15 is 0 Å². The molecule has 3 N–H and O–H groups in total. The molecule has 100 valence electrons. The summed E-state index contributed by atoms with van der Waals surface area (Å²) in [6, 6.07) is -0.624. The molecule has 0 radical (unpaired) electrons. The Labute approximate surface area is 106 Å². The minimum absolute atomic E-state index is 0.0398. The zero-order chi connectivity index (χ0) is 14.2. The maximum absolute atomic E-state index is 11.5. The van der Waals surface area contributed by atoms with E-state index in [9.17, 15) is 14.4 Å². The van der Waals surface area contributed by atoms with E-state index in [2.05, 4.69) is 16.6 Å². The Balaban J connectivity index is 4.07. The number of imide groups is 1. The molecule has 0 saturated heterocycles. The first-order chi connectivity index (χ1) is 8.26. The third kappa shape index (κ3) is 8.16. The van der Waals surface area contributed by atoms with Crippen molar-refractivity contribution in [2.45, 2.75) is 33.1 Å². The van der Waals surface area contributed by atoms with Crippen LogP contribution >= 0.6 is 0 Å². The largest absolute Gasteiger partial charge is 0.481 e. The fraction of sp³-hybridized carbons (Fsp3) is 0.583. The summed E-state index contributed by atoms with van der Waals surface area (Å²) in [5.41, 5.74) is -0.699. The molecule has 0 aliphatic heterocycles. The van der Waals surface area contributed by atoms with Crippen LogP contribution in [0.2, 0.25) is 0 Å². The van der Waals surface area contributed by atoms with Crippen molar-refractivity contribution < 1.29 is 19.5 Å². The second-order valence-electron chi connectivity index (χ2n) is 4.67. The van der Waals surface area contributed by atoms with Gasteiger partial charge in [0.05, 0.1) is 6.42 Å². The second kappa shape index (κ2) is 7.33. The fourth-order valence-electron chi connectivity index (χ4n) is 1.37. The van der Waals surface area contributed by atoms with Crippen LogP contribution in [0.1, 0.15) is 33.1 Å². The van der Waals surface area contributed by atoms with E-state index in [1.165, 1.54) is 0 Å². The van der Waals surface area contributed by atoms with Crippen LogP contribution in [0.3, 0.4) is 0 Å². The van der Waals surface area contributed by atoms with Crippen molar-refractivity contribution in [2.75, 3.05) is 6.54 Å². The molecule has 3 amide bonds. The topological polar surface area (TPSA) is 95.5 Å². The number of nitrogens with one attached hydrogen (secondary N) is 2. The molecule has 0 aliphatic carbocycles. The van der Waals surface area contributed by atoms with Gasteiger partial charge in [-0.3, -0.25) is 14.9 Å².